The van der Waals surface area contributed by atoms with Crippen molar-refractivity contribution in [2.45, 2.75) is 27.7 Å². The average Bonchev–Trinajstić information content (AvgIpc) is 2.35. The second-order valence-corrected chi connectivity index (χ2v) is 2.10. The SMILES string of the molecule is C=Nc1ccccc1C=NC.CC.CC. The molecular formula is C13H22N2. The zero-order chi connectivity index (χ0) is 12.1. The summed E-state index contributed by atoms with van der Waals surface area (Å²) >= 11 is 0. The highest BCUT2D eigenvalue weighted by Gasteiger charge is 1.92. The smallest absolute Gasteiger partial charge is 0.0710 e. The van der Waals surface area contributed by atoms with Gasteiger partial charge in [0.25, 0.3) is 0 Å². The molecule has 0 bridgehead atoms. The van der Waals surface area contributed by atoms with Gasteiger partial charge in [0.1, 0.15) is 0 Å². The van der Waals surface area contributed by atoms with Crippen molar-refractivity contribution < 1.29 is 0 Å². The first-order valence-corrected chi connectivity index (χ1v) is 5.36. The third-order valence-electron chi connectivity index (χ3n) is 1.38. The van der Waals surface area contributed by atoms with Crippen molar-refractivity contribution in [3.8, 4) is 0 Å². The van der Waals surface area contributed by atoms with Crippen LogP contribution >= 0.6 is 0 Å². The fraction of sp³-hybridized carbons (Fsp3) is 0.385. The van der Waals surface area contributed by atoms with E-state index < -0.39 is 0 Å². The number of para-hydroxylation sites is 1. The van der Waals surface area contributed by atoms with E-state index in [9.17, 15) is 0 Å². The van der Waals surface area contributed by atoms with Gasteiger partial charge in [0.05, 0.1) is 5.69 Å². The Hall–Kier alpha value is -1.44. The molecule has 0 N–H and O–H groups in total. The Labute approximate surface area is 93.8 Å². The van der Waals surface area contributed by atoms with Gasteiger partial charge in [-0.05, 0) is 12.8 Å². The second-order valence-electron chi connectivity index (χ2n) is 2.10. The summed E-state index contributed by atoms with van der Waals surface area (Å²) in [6.45, 7) is 11.5. The lowest BCUT2D eigenvalue weighted by Crippen LogP contribution is -1.79. The van der Waals surface area contributed by atoms with E-state index in [-0.39, 0.29) is 0 Å². The Morgan fingerprint density at radius 1 is 1.07 bits per heavy atom. The minimum absolute atomic E-state index is 0.873. The van der Waals surface area contributed by atoms with E-state index >= 15 is 0 Å². The fourth-order valence-electron chi connectivity index (χ4n) is 0.880. The molecule has 2 heteroatoms. The fourth-order valence-corrected chi connectivity index (χ4v) is 0.880. The van der Waals surface area contributed by atoms with Crippen LogP contribution < -0.4 is 0 Å². The molecule has 0 saturated carbocycles. The Morgan fingerprint density at radius 3 is 2.07 bits per heavy atom. The molecule has 1 aromatic carbocycles. The first-order chi connectivity index (χ1) is 7.38. The zero-order valence-electron chi connectivity index (χ0n) is 10.5. The van der Waals surface area contributed by atoms with Crippen LogP contribution in [0.25, 0.3) is 0 Å². The largest absolute Gasteiger partial charge is 0.296 e. The van der Waals surface area contributed by atoms with Crippen molar-refractivity contribution in [2.75, 3.05) is 7.05 Å². The first kappa shape index (κ1) is 16.0. The van der Waals surface area contributed by atoms with Gasteiger partial charge in [-0.15, -0.1) is 0 Å². The third-order valence-corrected chi connectivity index (χ3v) is 1.38. The standard InChI is InChI=1S/C9H10N2.2C2H6/c1-10-7-8-5-3-4-6-9(8)11-2;2*1-2/h3-7H,2H2,1H3;2*1-2H3. The van der Waals surface area contributed by atoms with Crippen molar-refractivity contribution in [1.82, 2.24) is 0 Å². The summed E-state index contributed by atoms with van der Waals surface area (Å²) in [6, 6.07) is 7.74. The molecular weight excluding hydrogens is 184 g/mol. The number of hydrogen-bond donors (Lipinski definition) is 0. The Bertz CT molecular complexity index is 278. The molecule has 0 unspecified atom stereocenters. The predicted molar refractivity (Wildman–Crippen MR) is 71.9 cm³/mol. The Kier molecular flexibility index (Phi) is 13.4. The quantitative estimate of drug-likeness (QED) is 0.650. The molecule has 84 valence electrons. The average molecular weight is 206 g/mol. The number of hydrogen-bond acceptors (Lipinski definition) is 2. The summed E-state index contributed by atoms with van der Waals surface area (Å²) in [4.78, 5) is 7.75. The van der Waals surface area contributed by atoms with Crippen LogP contribution in [0.5, 0.6) is 0 Å². The highest BCUT2D eigenvalue weighted by atomic mass is 14.7. The van der Waals surface area contributed by atoms with E-state index in [0.717, 1.165) is 11.3 Å². The number of aliphatic imine (C=N–C) groups is 2. The number of benzene rings is 1. The molecule has 0 saturated heterocycles. The van der Waals surface area contributed by atoms with Gasteiger partial charge >= 0.3 is 0 Å². The topological polar surface area (TPSA) is 24.7 Å². The first-order valence-electron chi connectivity index (χ1n) is 5.36. The summed E-state index contributed by atoms with van der Waals surface area (Å²) < 4.78 is 0. The van der Waals surface area contributed by atoms with Gasteiger partial charge in [0.2, 0.25) is 0 Å². The molecule has 0 aliphatic carbocycles. The van der Waals surface area contributed by atoms with Gasteiger partial charge in [-0.25, -0.2) is 0 Å². The molecule has 0 aliphatic heterocycles. The molecule has 0 fully saturated rings. The van der Waals surface area contributed by atoms with E-state index in [0.29, 0.717) is 0 Å². The molecule has 1 rings (SSSR count). The maximum atomic E-state index is 3.90. The van der Waals surface area contributed by atoms with E-state index in [1.165, 1.54) is 0 Å². The van der Waals surface area contributed by atoms with Crippen molar-refractivity contribution in [2.24, 2.45) is 9.98 Å². The van der Waals surface area contributed by atoms with Crippen molar-refractivity contribution >= 4 is 18.6 Å². The molecule has 0 spiro atoms. The van der Waals surface area contributed by atoms with E-state index in [1.54, 1.807) is 13.3 Å². The van der Waals surface area contributed by atoms with Gasteiger partial charge in [0, 0.05) is 18.8 Å². The van der Waals surface area contributed by atoms with Crippen molar-refractivity contribution in [3.63, 3.8) is 0 Å². The highest BCUT2D eigenvalue weighted by molar-refractivity contribution is 5.86. The third kappa shape index (κ3) is 6.61. The normalized spacial score (nSPS) is 8.33. The van der Waals surface area contributed by atoms with Crippen LogP contribution in [-0.2, 0) is 0 Å². The molecule has 0 radical (unpaired) electrons. The van der Waals surface area contributed by atoms with Crippen LogP contribution in [0.15, 0.2) is 34.3 Å². The van der Waals surface area contributed by atoms with Gasteiger partial charge in [-0.3, -0.25) is 9.98 Å². The number of rotatable bonds is 2. The van der Waals surface area contributed by atoms with Gasteiger partial charge in [0.15, 0.2) is 0 Å². The minimum Gasteiger partial charge on any atom is -0.296 e. The van der Waals surface area contributed by atoms with Crippen LogP contribution in [0.2, 0.25) is 0 Å². The molecule has 0 heterocycles. The van der Waals surface area contributed by atoms with Crippen LogP contribution in [0.1, 0.15) is 33.3 Å². The zero-order valence-corrected chi connectivity index (χ0v) is 10.5. The lowest BCUT2D eigenvalue weighted by Gasteiger charge is -1.96. The summed E-state index contributed by atoms with van der Waals surface area (Å²) in [7, 11) is 1.74. The summed E-state index contributed by atoms with van der Waals surface area (Å²) in [5, 5.41) is 0. The molecule has 1 aromatic rings. The molecule has 2 nitrogen and oxygen atoms in total. The monoisotopic (exact) mass is 206 g/mol. The Balaban J connectivity index is 0. The van der Waals surface area contributed by atoms with E-state index in [4.69, 9.17) is 0 Å². The van der Waals surface area contributed by atoms with Gasteiger partial charge < -0.3 is 0 Å². The van der Waals surface area contributed by atoms with Crippen LogP contribution in [0.3, 0.4) is 0 Å². The molecule has 0 aromatic heterocycles. The van der Waals surface area contributed by atoms with Crippen molar-refractivity contribution in [1.29, 1.82) is 0 Å². The Morgan fingerprint density at radius 2 is 1.60 bits per heavy atom. The molecule has 15 heavy (non-hydrogen) atoms. The summed E-state index contributed by atoms with van der Waals surface area (Å²) in [5.41, 5.74) is 1.88. The van der Waals surface area contributed by atoms with Crippen molar-refractivity contribution in [3.05, 3.63) is 29.8 Å². The van der Waals surface area contributed by atoms with E-state index in [2.05, 4.69) is 16.7 Å². The lowest BCUT2D eigenvalue weighted by molar-refractivity contribution is 1.45. The van der Waals surface area contributed by atoms with Gasteiger partial charge in [-0.2, -0.15) is 0 Å². The van der Waals surface area contributed by atoms with Crippen LogP contribution in [0.4, 0.5) is 5.69 Å². The maximum Gasteiger partial charge on any atom is 0.0710 e. The second kappa shape index (κ2) is 12.6. The summed E-state index contributed by atoms with van der Waals surface area (Å²) in [6.07, 6.45) is 1.77. The van der Waals surface area contributed by atoms with Crippen LogP contribution in [-0.4, -0.2) is 20.0 Å². The van der Waals surface area contributed by atoms with Crippen LogP contribution in [0, 0.1) is 0 Å². The van der Waals surface area contributed by atoms with E-state index in [1.807, 2.05) is 52.0 Å². The maximum absolute atomic E-state index is 3.90. The van der Waals surface area contributed by atoms with Gasteiger partial charge in [-0.1, -0.05) is 45.9 Å². The molecule has 0 aliphatic rings. The molecule has 0 atom stereocenters. The highest BCUT2D eigenvalue weighted by Crippen LogP contribution is 2.14. The number of nitrogens with zero attached hydrogens (tertiary/aromatic N) is 2. The lowest BCUT2D eigenvalue weighted by atomic mass is 10.2. The summed E-state index contributed by atoms with van der Waals surface area (Å²) in [5.74, 6) is 0. The predicted octanol–water partition coefficient (Wildman–Crippen LogP) is 4.12. The molecule has 0 amide bonds. The minimum atomic E-state index is 0.873.